The predicted molar refractivity (Wildman–Crippen MR) is 122 cm³/mol. The van der Waals surface area contributed by atoms with Gasteiger partial charge in [-0.25, -0.2) is 0 Å². The molecule has 0 saturated carbocycles. The molecule has 0 bridgehead atoms. The highest BCUT2D eigenvalue weighted by Gasteiger charge is 2.30. The number of fused-ring (bicyclic) bond motifs is 1. The van der Waals surface area contributed by atoms with Crippen LogP contribution in [0.5, 0.6) is 11.5 Å². The minimum absolute atomic E-state index is 0.0424. The van der Waals surface area contributed by atoms with Gasteiger partial charge in [-0.1, -0.05) is 36.4 Å². The van der Waals surface area contributed by atoms with Crippen LogP contribution >= 0.6 is 11.8 Å². The molecule has 0 unspecified atom stereocenters. The van der Waals surface area contributed by atoms with E-state index >= 15 is 0 Å². The Morgan fingerprint density at radius 2 is 1.91 bits per heavy atom. The molecule has 6 nitrogen and oxygen atoms in total. The lowest BCUT2D eigenvalue weighted by Gasteiger charge is -2.24. The minimum Gasteiger partial charge on any atom is -0.502 e. The van der Waals surface area contributed by atoms with E-state index in [4.69, 9.17) is 13.9 Å². The number of ether oxygens (including phenoxy) is 2. The molecule has 164 valence electrons. The van der Waals surface area contributed by atoms with Crippen molar-refractivity contribution in [1.82, 2.24) is 0 Å². The molecule has 32 heavy (non-hydrogen) atoms. The molecule has 2 heterocycles. The van der Waals surface area contributed by atoms with Gasteiger partial charge in [0.1, 0.15) is 18.1 Å². The second-order valence-electron chi connectivity index (χ2n) is 7.27. The Kier molecular flexibility index (Phi) is 6.66. The summed E-state index contributed by atoms with van der Waals surface area (Å²) in [6.45, 7) is 0.199. The van der Waals surface area contributed by atoms with Gasteiger partial charge in [0.05, 0.1) is 25.2 Å². The van der Waals surface area contributed by atoms with E-state index < -0.39 is 23.1 Å². The summed E-state index contributed by atoms with van der Waals surface area (Å²) in [5.74, 6) is -0.120. The van der Waals surface area contributed by atoms with E-state index in [0.29, 0.717) is 17.1 Å². The van der Waals surface area contributed by atoms with Crippen LogP contribution in [0.4, 0.5) is 0 Å². The summed E-state index contributed by atoms with van der Waals surface area (Å²) in [6.07, 6.45) is 1.80. The largest absolute Gasteiger partial charge is 0.502 e. The molecule has 0 radical (unpaired) electrons. The van der Waals surface area contributed by atoms with Crippen molar-refractivity contribution in [3.05, 3.63) is 93.5 Å². The fourth-order valence-electron chi connectivity index (χ4n) is 3.51. The van der Waals surface area contributed by atoms with E-state index in [2.05, 4.69) is 0 Å². The lowest BCUT2D eigenvalue weighted by Crippen LogP contribution is -2.19. The molecule has 1 N–H and O–H groups in total. The second kappa shape index (κ2) is 9.78. The molecule has 3 aromatic rings. The van der Waals surface area contributed by atoms with Crippen LogP contribution in [-0.2, 0) is 15.3 Å². The van der Waals surface area contributed by atoms with Gasteiger partial charge < -0.3 is 19.0 Å². The van der Waals surface area contributed by atoms with Crippen molar-refractivity contribution in [1.29, 1.82) is 0 Å². The summed E-state index contributed by atoms with van der Waals surface area (Å²) in [5.41, 5.74) is 1.00. The molecule has 2 aromatic carbocycles. The third-order valence-electron chi connectivity index (χ3n) is 5.14. The van der Waals surface area contributed by atoms with Crippen molar-refractivity contribution in [2.75, 3.05) is 13.7 Å². The van der Waals surface area contributed by atoms with Crippen LogP contribution in [-0.4, -0.2) is 24.8 Å². The number of rotatable bonds is 7. The van der Waals surface area contributed by atoms with E-state index in [1.165, 1.54) is 24.9 Å². The molecule has 1 aromatic heterocycles. The number of hydrogen-bond donors (Lipinski definition) is 1. The van der Waals surface area contributed by atoms with Gasteiger partial charge in [0, 0.05) is 16.5 Å². The van der Waals surface area contributed by atoms with E-state index in [1.807, 2.05) is 60.7 Å². The van der Waals surface area contributed by atoms with Gasteiger partial charge in [0.15, 0.2) is 5.76 Å². The molecule has 4 rings (SSSR count). The number of aromatic hydroxyl groups is 1. The van der Waals surface area contributed by atoms with Gasteiger partial charge in [-0.05, 0) is 29.8 Å². The molecule has 0 saturated heterocycles. The van der Waals surface area contributed by atoms with E-state index in [-0.39, 0.29) is 18.8 Å². The minimum atomic E-state index is -0.704. The first-order valence-electron chi connectivity index (χ1n) is 10.1. The third kappa shape index (κ3) is 4.89. The molecule has 0 aliphatic carbocycles. The van der Waals surface area contributed by atoms with Crippen LogP contribution in [0.2, 0.25) is 0 Å². The highest BCUT2D eigenvalue weighted by molar-refractivity contribution is 7.98. The van der Waals surface area contributed by atoms with Crippen LogP contribution < -0.4 is 10.2 Å². The van der Waals surface area contributed by atoms with Crippen molar-refractivity contribution in [2.45, 2.75) is 23.0 Å². The average molecular weight is 451 g/mol. The Morgan fingerprint density at radius 3 is 2.69 bits per heavy atom. The van der Waals surface area contributed by atoms with Crippen molar-refractivity contribution in [3.8, 4) is 11.5 Å². The van der Waals surface area contributed by atoms with Crippen molar-refractivity contribution in [2.24, 2.45) is 0 Å². The van der Waals surface area contributed by atoms with E-state index in [0.717, 1.165) is 16.2 Å². The molecule has 0 amide bonds. The highest BCUT2D eigenvalue weighted by atomic mass is 32.2. The quantitative estimate of drug-likeness (QED) is 0.410. The molecule has 7 heteroatoms. The number of benzene rings is 2. The monoisotopic (exact) mass is 450 g/mol. The Bertz CT molecular complexity index is 1200. The smallest absolute Gasteiger partial charge is 0.306 e. The van der Waals surface area contributed by atoms with Crippen LogP contribution in [0.25, 0.3) is 6.08 Å². The summed E-state index contributed by atoms with van der Waals surface area (Å²) < 4.78 is 16.7. The summed E-state index contributed by atoms with van der Waals surface area (Å²) in [6, 6.07) is 18.5. The zero-order valence-corrected chi connectivity index (χ0v) is 18.3. The van der Waals surface area contributed by atoms with Gasteiger partial charge in [-0.15, -0.1) is 11.8 Å². The van der Waals surface area contributed by atoms with Gasteiger partial charge in [-0.2, -0.15) is 0 Å². The predicted octanol–water partition coefficient (Wildman–Crippen LogP) is 4.76. The lowest BCUT2D eigenvalue weighted by molar-refractivity contribution is -0.141. The molecule has 1 aliphatic rings. The van der Waals surface area contributed by atoms with Crippen LogP contribution in [0.15, 0.2) is 80.3 Å². The molecule has 0 fully saturated rings. The lowest BCUT2D eigenvalue weighted by atomic mass is 9.89. The first-order valence-corrected chi connectivity index (χ1v) is 11.1. The second-order valence-corrected chi connectivity index (χ2v) is 8.32. The number of thioether (sulfide) groups is 1. The summed E-state index contributed by atoms with van der Waals surface area (Å²) in [5, 5.41) is 10.6. The molecular formula is C25H22O6S. The van der Waals surface area contributed by atoms with E-state index in [1.54, 1.807) is 0 Å². The van der Waals surface area contributed by atoms with Gasteiger partial charge in [-0.3, -0.25) is 9.59 Å². The highest BCUT2D eigenvalue weighted by Crippen LogP contribution is 2.38. The standard InChI is InChI=1S/C25H22O6S/c1-29-23(27)13-20(17-11-16-7-5-6-10-22(16)30-14-17)25-24(28)21(26)12-18(31-25)15-32-19-8-3-2-4-9-19/h2-12,20,28H,13-15H2,1H3/t20-/m0/s1. The number of carbonyl (C=O) groups excluding carboxylic acids is 1. The van der Waals surface area contributed by atoms with E-state index in [9.17, 15) is 14.7 Å². The topological polar surface area (TPSA) is 86.0 Å². The normalized spacial score (nSPS) is 13.5. The van der Waals surface area contributed by atoms with Gasteiger partial charge in [0.25, 0.3) is 0 Å². The number of hydrogen-bond acceptors (Lipinski definition) is 7. The number of para-hydroxylation sites is 1. The summed E-state index contributed by atoms with van der Waals surface area (Å²) in [7, 11) is 1.30. The molecule has 1 aliphatic heterocycles. The maximum atomic E-state index is 12.5. The van der Waals surface area contributed by atoms with Crippen molar-refractivity contribution in [3.63, 3.8) is 0 Å². The average Bonchev–Trinajstić information content (AvgIpc) is 2.83. The van der Waals surface area contributed by atoms with Crippen LogP contribution in [0.1, 0.15) is 29.4 Å². The number of esters is 1. The van der Waals surface area contributed by atoms with Crippen LogP contribution in [0, 0.1) is 0 Å². The molecule has 1 atom stereocenters. The maximum absolute atomic E-state index is 12.5. The first kappa shape index (κ1) is 21.8. The van der Waals surface area contributed by atoms with Crippen LogP contribution in [0.3, 0.4) is 0 Å². The summed E-state index contributed by atoms with van der Waals surface area (Å²) >= 11 is 1.51. The Labute approximate surface area is 189 Å². The maximum Gasteiger partial charge on any atom is 0.306 e. The molecule has 0 spiro atoms. The SMILES string of the molecule is COC(=O)C[C@@H](C1=Cc2ccccc2OC1)c1oc(CSc2ccccc2)cc(=O)c1O. The van der Waals surface area contributed by atoms with Gasteiger partial charge in [0.2, 0.25) is 11.2 Å². The number of carbonyl (C=O) groups is 1. The Hall–Kier alpha value is -3.45. The third-order valence-corrected chi connectivity index (χ3v) is 6.18. The number of methoxy groups -OCH3 is 1. The first-order chi connectivity index (χ1) is 15.5. The summed E-state index contributed by atoms with van der Waals surface area (Å²) in [4.78, 5) is 25.7. The van der Waals surface area contributed by atoms with Crippen molar-refractivity contribution >= 4 is 23.8 Å². The zero-order chi connectivity index (χ0) is 22.5. The Balaban J connectivity index is 1.70. The molecular weight excluding hydrogens is 428 g/mol. The fraction of sp³-hybridized carbons (Fsp3) is 0.200. The zero-order valence-electron chi connectivity index (χ0n) is 17.4. The van der Waals surface area contributed by atoms with Gasteiger partial charge >= 0.3 is 5.97 Å². The van der Waals surface area contributed by atoms with Crippen molar-refractivity contribution < 1.29 is 23.8 Å². The fourth-order valence-corrected chi connectivity index (χ4v) is 4.31. The Morgan fingerprint density at radius 1 is 1.16 bits per heavy atom.